The number of carbonyl (C=O) groups excluding carboxylic acids is 1. The standard InChI is InChI=1S/C24H28F3N5O3/c1-14(2)21(23(33)31-13-24(25,26)27)32-16-7-15(9-28-10-16)20-12-30-22-19(20)8-18(11-29-22)35-17-3-5-34-6-4-17/h7-12,14,17,21,32H,3-6,13H2,1-2H3,(H,29,30)(H,31,33). The van der Waals surface area contributed by atoms with Gasteiger partial charge in [-0.1, -0.05) is 13.8 Å². The summed E-state index contributed by atoms with van der Waals surface area (Å²) in [5.41, 5.74) is 2.79. The van der Waals surface area contributed by atoms with Crippen molar-refractivity contribution in [1.29, 1.82) is 0 Å². The molecule has 1 amide bonds. The normalized spacial score (nSPS) is 15.8. The van der Waals surface area contributed by atoms with Gasteiger partial charge in [0.25, 0.3) is 0 Å². The van der Waals surface area contributed by atoms with E-state index in [1.165, 1.54) is 6.20 Å². The summed E-state index contributed by atoms with van der Waals surface area (Å²) in [6.07, 6.45) is 3.95. The van der Waals surface area contributed by atoms with Gasteiger partial charge < -0.3 is 25.1 Å². The molecule has 0 aliphatic carbocycles. The van der Waals surface area contributed by atoms with E-state index in [9.17, 15) is 18.0 Å². The Morgan fingerprint density at radius 2 is 2.00 bits per heavy atom. The highest BCUT2D eigenvalue weighted by atomic mass is 19.4. The lowest BCUT2D eigenvalue weighted by molar-refractivity contribution is -0.139. The maximum Gasteiger partial charge on any atom is 0.405 e. The van der Waals surface area contributed by atoms with Crippen molar-refractivity contribution in [2.75, 3.05) is 25.1 Å². The molecule has 11 heteroatoms. The maximum atomic E-state index is 12.5. The zero-order valence-electron chi connectivity index (χ0n) is 19.5. The molecule has 4 heterocycles. The van der Waals surface area contributed by atoms with Crippen molar-refractivity contribution in [3.05, 3.63) is 36.9 Å². The van der Waals surface area contributed by atoms with E-state index in [0.29, 0.717) is 30.3 Å². The second kappa shape index (κ2) is 10.5. The van der Waals surface area contributed by atoms with Gasteiger partial charge in [0.2, 0.25) is 5.91 Å². The quantitative estimate of drug-likeness (QED) is 0.435. The molecule has 3 aromatic heterocycles. The number of nitrogens with zero attached hydrogens (tertiary/aromatic N) is 2. The summed E-state index contributed by atoms with van der Waals surface area (Å²) in [7, 11) is 0. The highest BCUT2D eigenvalue weighted by molar-refractivity contribution is 5.94. The van der Waals surface area contributed by atoms with Gasteiger partial charge in [0.1, 0.15) is 30.1 Å². The number of halogens is 3. The number of alkyl halides is 3. The Morgan fingerprint density at radius 1 is 1.23 bits per heavy atom. The van der Waals surface area contributed by atoms with Gasteiger partial charge in [-0.25, -0.2) is 4.98 Å². The van der Waals surface area contributed by atoms with Crippen molar-refractivity contribution in [2.45, 2.75) is 45.0 Å². The summed E-state index contributed by atoms with van der Waals surface area (Å²) >= 11 is 0. The Kier molecular flexibility index (Phi) is 7.44. The van der Waals surface area contributed by atoms with E-state index in [1.807, 2.05) is 17.6 Å². The second-order valence-corrected chi connectivity index (χ2v) is 8.86. The van der Waals surface area contributed by atoms with Crippen LogP contribution in [0, 0.1) is 5.92 Å². The van der Waals surface area contributed by atoms with Crippen LogP contribution >= 0.6 is 0 Å². The number of anilines is 1. The van der Waals surface area contributed by atoms with Crippen LogP contribution in [0.1, 0.15) is 26.7 Å². The average molecular weight is 492 g/mol. The van der Waals surface area contributed by atoms with Gasteiger partial charge in [0, 0.05) is 47.9 Å². The van der Waals surface area contributed by atoms with Crippen LogP contribution in [0.4, 0.5) is 18.9 Å². The van der Waals surface area contributed by atoms with Gasteiger partial charge in [0.05, 0.1) is 25.1 Å². The predicted octanol–water partition coefficient (Wildman–Crippen LogP) is 4.30. The number of aromatic amines is 1. The number of carbonyl (C=O) groups is 1. The summed E-state index contributed by atoms with van der Waals surface area (Å²) < 4.78 is 49.1. The molecule has 0 bridgehead atoms. The van der Waals surface area contributed by atoms with Crippen LogP contribution in [-0.4, -0.2) is 58.9 Å². The smallest absolute Gasteiger partial charge is 0.405 e. The zero-order chi connectivity index (χ0) is 25.0. The number of ether oxygens (including phenoxy) is 2. The van der Waals surface area contributed by atoms with E-state index in [-0.39, 0.29) is 12.0 Å². The number of hydrogen-bond acceptors (Lipinski definition) is 6. The molecule has 1 aliphatic heterocycles. The van der Waals surface area contributed by atoms with Crippen molar-refractivity contribution in [2.24, 2.45) is 5.92 Å². The van der Waals surface area contributed by atoms with E-state index >= 15 is 0 Å². The summed E-state index contributed by atoms with van der Waals surface area (Å²) in [6.45, 7) is 3.48. The third-order valence-corrected chi connectivity index (χ3v) is 5.76. The van der Waals surface area contributed by atoms with E-state index in [1.54, 1.807) is 32.3 Å². The van der Waals surface area contributed by atoms with Gasteiger partial charge in [-0.05, 0) is 18.1 Å². The first-order valence-corrected chi connectivity index (χ1v) is 11.5. The van der Waals surface area contributed by atoms with Crippen LogP contribution in [0.2, 0.25) is 0 Å². The number of rotatable bonds is 8. The molecule has 0 aromatic carbocycles. The van der Waals surface area contributed by atoms with Crippen molar-refractivity contribution in [3.63, 3.8) is 0 Å². The first-order valence-electron chi connectivity index (χ1n) is 11.5. The molecule has 3 N–H and O–H groups in total. The Balaban J connectivity index is 1.54. The summed E-state index contributed by atoms with van der Waals surface area (Å²) in [5, 5.41) is 5.82. The number of hydrogen-bond donors (Lipinski definition) is 3. The number of aromatic nitrogens is 3. The third-order valence-electron chi connectivity index (χ3n) is 5.76. The number of H-pyrrole nitrogens is 1. The SMILES string of the molecule is CC(C)C(Nc1cncc(-c2c[nH]c3ncc(OC4CCOCC4)cc23)c1)C(=O)NCC(F)(F)F. The van der Waals surface area contributed by atoms with Gasteiger partial charge in [-0.2, -0.15) is 13.2 Å². The van der Waals surface area contributed by atoms with Gasteiger partial charge in [-0.15, -0.1) is 0 Å². The lowest BCUT2D eigenvalue weighted by Crippen LogP contribution is -2.46. The fourth-order valence-corrected chi connectivity index (χ4v) is 3.95. The number of amides is 1. The fraction of sp³-hybridized carbons (Fsp3) is 0.458. The van der Waals surface area contributed by atoms with Gasteiger partial charge >= 0.3 is 6.18 Å². The average Bonchev–Trinajstić information content (AvgIpc) is 3.24. The van der Waals surface area contributed by atoms with Crippen LogP contribution in [0.25, 0.3) is 22.2 Å². The van der Waals surface area contributed by atoms with Crippen molar-refractivity contribution in [1.82, 2.24) is 20.3 Å². The molecule has 188 valence electrons. The molecule has 0 spiro atoms. The molecule has 1 unspecified atom stereocenters. The minimum Gasteiger partial charge on any atom is -0.489 e. The van der Waals surface area contributed by atoms with Crippen LogP contribution < -0.4 is 15.4 Å². The topological polar surface area (TPSA) is 101 Å². The zero-order valence-corrected chi connectivity index (χ0v) is 19.5. The number of pyridine rings is 2. The molecular weight excluding hydrogens is 463 g/mol. The molecular formula is C24H28F3N5O3. The Hall–Kier alpha value is -3.34. The Bertz CT molecular complexity index is 1160. The first kappa shape index (κ1) is 24.8. The lowest BCUT2D eigenvalue weighted by atomic mass is 10.0. The van der Waals surface area contributed by atoms with E-state index < -0.39 is 24.7 Å². The Labute approximate surface area is 200 Å². The number of fused-ring (bicyclic) bond motifs is 1. The van der Waals surface area contributed by atoms with Crippen molar-refractivity contribution < 1.29 is 27.4 Å². The van der Waals surface area contributed by atoms with E-state index in [2.05, 4.69) is 20.3 Å². The third kappa shape index (κ3) is 6.41. The fourth-order valence-electron chi connectivity index (χ4n) is 3.95. The van der Waals surface area contributed by atoms with Crippen LogP contribution in [0.15, 0.2) is 36.9 Å². The van der Waals surface area contributed by atoms with Crippen LogP contribution in [0.3, 0.4) is 0 Å². The molecule has 1 aliphatic rings. The highest BCUT2D eigenvalue weighted by Gasteiger charge is 2.30. The number of nitrogens with one attached hydrogen (secondary N) is 3. The van der Waals surface area contributed by atoms with Crippen molar-refractivity contribution >= 4 is 22.6 Å². The largest absolute Gasteiger partial charge is 0.489 e. The molecule has 8 nitrogen and oxygen atoms in total. The summed E-state index contributed by atoms with van der Waals surface area (Å²) in [4.78, 5) is 24.3. The van der Waals surface area contributed by atoms with Crippen LogP contribution in [0.5, 0.6) is 5.75 Å². The van der Waals surface area contributed by atoms with Gasteiger partial charge in [-0.3, -0.25) is 9.78 Å². The van der Waals surface area contributed by atoms with Crippen LogP contribution in [-0.2, 0) is 9.53 Å². The van der Waals surface area contributed by atoms with Gasteiger partial charge in [0.15, 0.2) is 0 Å². The maximum absolute atomic E-state index is 12.5. The lowest BCUT2D eigenvalue weighted by Gasteiger charge is -2.23. The second-order valence-electron chi connectivity index (χ2n) is 8.86. The minimum atomic E-state index is -4.48. The molecule has 1 atom stereocenters. The summed E-state index contributed by atoms with van der Waals surface area (Å²) in [5.74, 6) is -0.323. The Morgan fingerprint density at radius 3 is 2.71 bits per heavy atom. The first-order chi connectivity index (χ1) is 16.7. The molecule has 0 saturated carbocycles. The molecule has 1 saturated heterocycles. The van der Waals surface area contributed by atoms with E-state index in [4.69, 9.17) is 9.47 Å². The molecule has 35 heavy (non-hydrogen) atoms. The summed E-state index contributed by atoms with van der Waals surface area (Å²) in [6, 6.07) is 2.86. The molecule has 4 rings (SSSR count). The monoisotopic (exact) mass is 491 g/mol. The molecule has 1 fully saturated rings. The molecule has 3 aromatic rings. The predicted molar refractivity (Wildman–Crippen MR) is 125 cm³/mol. The van der Waals surface area contributed by atoms with E-state index in [0.717, 1.165) is 29.4 Å². The minimum absolute atomic E-state index is 0.0797. The highest BCUT2D eigenvalue weighted by Crippen LogP contribution is 2.32. The van der Waals surface area contributed by atoms with Crippen molar-refractivity contribution in [3.8, 4) is 16.9 Å². The molecule has 0 radical (unpaired) electrons.